The third kappa shape index (κ3) is 13.5. The Hall–Kier alpha value is -3.47. The molecular formula is C36H54N4O6. The fourth-order valence-electron chi connectivity index (χ4n) is 5.50. The molecule has 10 nitrogen and oxygen atoms in total. The van der Waals surface area contributed by atoms with Crippen LogP contribution in [0.1, 0.15) is 58.6 Å². The van der Waals surface area contributed by atoms with E-state index < -0.39 is 35.8 Å². The van der Waals surface area contributed by atoms with E-state index in [4.69, 9.17) is 9.47 Å². The first-order valence-electron chi connectivity index (χ1n) is 16.5. The van der Waals surface area contributed by atoms with E-state index in [9.17, 15) is 19.5 Å². The maximum absolute atomic E-state index is 13.9. The minimum Gasteiger partial charge on any atom is -0.444 e. The molecule has 0 unspecified atom stereocenters. The van der Waals surface area contributed by atoms with Crippen LogP contribution < -0.4 is 16.0 Å². The van der Waals surface area contributed by atoms with E-state index in [2.05, 4.69) is 20.9 Å². The Labute approximate surface area is 274 Å². The highest BCUT2D eigenvalue weighted by Gasteiger charge is 2.32. The Morgan fingerprint density at radius 1 is 0.891 bits per heavy atom. The van der Waals surface area contributed by atoms with Crippen LogP contribution in [0.4, 0.5) is 4.79 Å². The summed E-state index contributed by atoms with van der Waals surface area (Å²) in [6.45, 7) is 13.8. The number of alkyl carbamates (subject to hydrolysis) is 1. The number of rotatable bonds is 16. The number of carbonyl (C=O) groups excluding carboxylic acids is 3. The molecule has 4 atom stereocenters. The topological polar surface area (TPSA) is 129 Å². The van der Waals surface area contributed by atoms with Crippen molar-refractivity contribution in [3.05, 3.63) is 71.8 Å². The molecule has 1 saturated heterocycles. The zero-order chi connectivity index (χ0) is 33.5. The van der Waals surface area contributed by atoms with Crippen LogP contribution in [0.15, 0.2) is 60.7 Å². The number of carbonyl (C=O) groups is 3. The predicted molar refractivity (Wildman–Crippen MR) is 179 cm³/mol. The molecule has 1 fully saturated rings. The van der Waals surface area contributed by atoms with Crippen molar-refractivity contribution in [1.29, 1.82) is 0 Å². The second-order valence-corrected chi connectivity index (χ2v) is 13.5. The number of morpholine rings is 1. The van der Waals surface area contributed by atoms with Crippen molar-refractivity contribution in [3.8, 4) is 0 Å². The quantitative estimate of drug-likeness (QED) is 0.206. The molecule has 0 saturated carbocycles. The number of aliphatic hydroxyl groups excluding tert-OH is 1. The van der Waals surface area contributed by atoms with Gasteiger partial charge < -0.3 is 30.5 Å². The molecule has 1 aliphatic heterocycles. The number of aliphatic hydroxyl groups is 1. The third-order valence-electron chi connectivity index (χ3n) is 7.99. The van der Waals surface area contributed by atoms with Crippen molar-refractivity contribution in [1.82, 2.24) is 20.9 Å². The largest absolute Gasteiger partial charge is 0.444 e. The van der Waals surface area contributed by atoms with Crippen LogP contribution in [0.25, 0.3) is 0 Å². The van der Waals surface area contributed by atoms with E-state index in [-0.39, 0.29) is 24.2 Å². The van der Waals surface area contributed by atoms with Gasteiger partial charge in [-0.05, 0) is 70.0 Å². The van der Waals surface area contributed by atoms with Crippen molar-refractivity contribution in [2.45, 2.75) is 84.1 Å². The van der Waals surface area contributed by atoms with Crippen LogP contribution in [0.5, 0.6) is 0 Å². The molecule has 0 spiro atoms. The van der Waals surface area contributed by atoms with E-state index in [0.29, 0.717) is 19.4 Å². The van der Waals surface area contributed by atoms with Gasteiger partial charge in [0.25, 0.3) is 0 Å². The fraction of sp³-hybridized carbons (Fsp3) is 0.583. The lowest BCUT2D eigenvalue weighted by atomic mass is 9.88. The van der Waals surface area contributed by atoms with Crippen molar-refractivity contribution in [3.63, 3.8) is 0 Å². The Balaban J connectivity index is 1.71. The Morgan fingerprint density at radius 3 is 2.04 bits per heavy atom. The number of nitrogens with zero attached hydrogens (tertiary/aromatic N) is 1. The number of amides is 3. The van der Waals surface area contributed by atoms with Gasteiger partial charge in [-0.25, -0.2) is 4.79 Å². The molecule has 254 valence electrons. The lowest BCUT2D eigenvalue weighted by Crippen LogP contribution is -2.53. The summed E-state index contributed by atoms with van der Waals surface area (Å²) in [6, 6.07) is 17.7. The van der Waals surface area contributed by atoms with Gasteiger partial charge in [-0.3, -0.25) is 14.5 Å². The summed E-state index contributed by atoms with van der Waals surface area (Å²) in [5.41, 5.74) is 1.15. The summed E-state index contributed by atoms with van der Waals surface area (Å²) in [4.78, 5) is 42.3. The second-order valence-electron chi connectivity index (χ2n) is 13.5. The van der Waals surface area contributed by atoms with Crippen molar-refractivity contribution in [2.75, 3.05) is 39.4 Å². The summed E-state index contributed by atoms with van der Waals surface area (Å²) < 4.78 is 10.9. The SMILES string of the molecule is CC(C)[C@H](NC(=O)[C@H](Cc1ccccc1)C[C@H](O)[C@H](Cc1ccccc1)NC(=O)OC(C)(C)C)C(=O)NCCCN1CCOCC1. The van der Waals surface area contributed by atoms with Gasteiger partial charge in [0.1, 0.15) is 11.6 Å². The summed E-state index contributed by atoms with van der Waals surface area (Å²) >= 11 is 0. The summed E-state index contributed by atoms with van der Waals surface area (Å²) in [6.07, 6.45) is -0.121. The maximum atomic E-state index is 13.9. The van der Waals surface area contributed by atoms with E-state index >= 15 is 0 Å². The Bertz CT molecular complexity index is 1200. The zero-order valence-electron chi connectivity index (χ0n) is 28.2. The highest BCUT2D eigenvalue weighted by molar-refractivity contribution is 5.88. The first-order valence-corrected chi connectivity index (χ1v) is 16.5. The monoisotopic (exact) mass is 638 g/mol. The standard InChI is InChI=1S/C36H54N4O6/c1-26(2)32(34(43)37-17-12-18-40-19-21-45-22-20-40)39-33(42)29(23-27-13-8-6-9-14-27)25-31(41)30(24-28-15-10-7-11-16-28)38-35(44)46-36(3,4)5/h6-11,13-16,26,29-32,41H,12,17-25H2,1-5H3,(H,37,43)(H,38,44)(H,39,42)/t29-,30+,31+,32+/m1/s1. The van der Waals surface area contributed by atoms with Crippen LogP contribution >= 0.6 is 0 Å². The molecule has 1 aliphatic rings. The molecule has 1 heterocycles. The molecule has 3 amide bonds. The molecule has 4 N–H and O–H groups in total. The lowest BCUT2D eigenvalue weighted by Gasteiger charge is -2.30. The van der Waals surface area contributed by atoms with Crippen LogP contribution in [-0.2, 0) is 31.9 Å². The van der Waals surface area contributed by atoms with Crippen molar-refractivity contribution in [2.24, 2.45) is 11.8 Å². The van der Waals surface area contributed by atoms with Gasteiger partial charge in [-0.1, -0.05) is 74.5 Å². The van der Waals surface area contributed by atoms with Crippen LogP contribution in [0.2, 0.25) is 0 Å². The maximum Gasteiger partial charge on any atom is 0.407 e. The van der Waals surface area contributed by atoms with Gasteiger partial charge in [0.15, 0.2) is 0 Å². The van der Waals surface area contributed by atoms with E-state index in [1.165, 1.54) is 0 Å². The molecule has 46 heavy (non-hydrogen) atoms. The summed E-state index contributed by atoms with van der Waals surface area (Å²) in [5.74, 6) is -1.35. The number of hydrogen-bond acceptors (Lipinski definition) is 7. The molecule has 0 radical (unpaired) electrons. The van der Waals surface area contributed by atoms with Crippen LogP contribution in [0.3, 0.4) is 0 Å². The third-order valence-corrected chi connectivity index (χ3v) is 7.99. The second kappa shape index (κ2) is 18.6. The van der Waals surface area contributed by atoms with Gasteiger partial charge in [-0.15, -0.1) is 0 Å². The minimum atomic E-state index is -1.07. The molecule has 0 bridgehead atoms. The Morgan fingerprint density at radius 2 is 1.48 bits per heavy atom. The summed E-state index contributed by atoms with van der Waals surface area (Å²) in [5, 5.41) is 20.4. The van der Waals surface area contributed by atoms with E-state index in [0.717, 1.165) is 50.4 Å². The normalized spacial score (nSPS) is 16.6. The van der Waals surface area contributed by atoms with E-state index in [1.54, 1.807) is 20.8 Å². The highest BCUT2D eigenvalue weighted by Crippen LogP contribution is 2.20. The van der Waals surface area contributed by atoms with Crippen molar-refractivity contribution < 1.29 is 29.0 Å². The molecule has 0 aliphatic carbocycles. The smallest absolute Gasteiger partial charge is 0.407 e. The van der Waals surface area contributed by atoms with Gasteiger partial charge >= 0.3 is 6.09 Å². The molecule has 10 heteroatoms. The van der Waals surface area contributed by atoms with E-state index in [1.807, 2.05) is 74.5 Å². The van der Waals surface area contributed by atoms with Crippen LogP contribution in [0, 0.1) is 11.8 Å². The average molecular weight is 639 g/mol. The lowest BCUT2D eigenvalue weighted by molar-refractivity contribution is -0.132. The van der Waals surface area contributed by atoms with Gasteiger partial charge in [-0.2, -0.15) is 0 Å². The molecular weight excluding hydrogens is 584 g/mol. The number of ether oxygens (including phenoxy) is 2. The first-order chi connectivity index (χ1) is 21.9. The number of nitrogens with one attached hydrogen (secondary N) is 3. The molecule has 2 aromatic rings. The average Bonchev–Trinajstić information content (AvgIpc) is 3.01. The molecule has 0 aromatic heterocycles. The minimum absolute atomic E-state index is 0.0695. The number of hydrogen-bond donors (Lipinski definition) is 4. The zero-order valence-corrected chi connectivity index (χ0v) is 28.2. The van der Waals surface area contributed by atoms with Gasteiger partial charge in [0.05, 0.1) is 25.4 Å². The number of benzene rings is 2. The highest BCUT2D eigenvalue weighted by atomic mass is 16.6. The first kappa shape index (κ1) is 37.0. The predicted octanol–water partition coefficient (Wildman–Crippen LogP) is 3.71. The fourth-order valence-corrected chi connectivity index (χ4v) is 5.50. The Kier molecular flexibility index (Phi) is 15.0. The van der Waals surface area contributed by atoms with Gasteiger partial charge in [0.2, 0.25) is 11.8 Å². The summed E-state index contributed by atoms with van der Waals surface area (Å²) in [7, 11) is 0. The van der Waals surface area contributed by atoms with Gasteiger partial charge in [0, 0.05) is 25.6 Å². The molecule has 2 aromatic carbocycles. The van der Waals surface area contributed by atoms with Crippen LogP contribution in [-0.4, -0.2) is 91.1 Å². The van der Waals surface area contributed by atoms with Crippen molar-refractivity contribution >= 4 is 17.9 Å². The molecule has 3 rings (SSSR count).